The summed E-state index contributed by atoms with van der Waals surface area (Å²) in [6.45, 7) is 14.6. The quantitative estimate of drug-likeness (QED) is 0.638. The van der Waals surface area contributed by atoms with Crippen molar-refractivity contribution in [1.29, 1.82) is 0 Å². The zero-order valence-corrected chi connectivity index (χ0v) is 18.6. The van der Waals surface area contributed by atoms with Crippen LogP contribution in [-0.4, -0.2) is 57.4 Å². The molecule has 0 amide bonds. The Morgan fingerprint density at radius 1 is 0.750 bits per heavy atom. The molecule has 2 saturated heterocycles. The Morgan fingerprint density at radius 2 is 1.22 bits per heavy atom. The largest absolute Gasteiger partial charge is 0.358 e. The van der Waals surface area contributed by atoms with Crippen LogP contribution in [0.1, 0.15) is 12.8 Å². The summed E-state index contributed by atoms with van der Waals surface area (Å²) in [7, 11) is -7.64. The number of hydrogen-bond acceptors (Lipinski definition) is 5. The topological polar surface area (TPSA) is 92.7 Å². The van der Waals surface area contributed by atoms with Gasteiger partial charge in [0.1, 0.15) is 5.72 Å². The lowest BCUT2D eigenvalue weighted by Gasteiger charge is -2.42. The lowest BCUT2D eigenvalue weighted by atomic mass is 10.0. The molecule has 0 saturated carbocycles. The fourth-order valence-corrected chi connectivity index (χ4v) is 7.23. The Hall–Kier alpha value is -2.80. The molecule has 2 aliphatic rings. The van der Waals surface area contributed by atoms with Gasteiger partial charge >= 0.3 is 0 Å². The zero-order valence-electron chi connectivity index (χ0n) is 17.0. The van der Waals surface area contributed by atoms with Crippen LogP contribution in [0.5, 0.6) is 0 Å². The molecule has 0 aliphatic carbocycles. The minimum absolute atomic E-state index is 0.0738. The summed E-state index contributed by atoms with van der Waals surface area (Å²) < 4.78 is 61.1. The summed E-state index contributed by atoms with van der Waals surface area (Å²) in [4.78, 5) is 6.72. The first kappa shape index (κ1) is 22.4. The molecule has 0 unspecified atom stereocenters. The van der Waals surface area contributed by atoms with Crippen molar-refractivity contribution in [2.75, 3.05) is 26.2 Å². The fraction of sp³-hybridized carbons (Fsp3) is 0.333. The summed E-state index contributed by atoms with van der Waals surface area (Å²) in [5.41, 5.74) is -0.400. The van der Waals surface area contributed by atoms with Gasteiger partial charge in [-0.25, -0.2) is 26.5 Å². The van der Waals surface area contributed by atoms with E-state index in [4.69, 9.17) is 17.9 Å². The molecule has 0 atom stereocenters. The monoisotopic (exact) mass is 472 g/mol. The Labute approximate surface area is 187 Å². The number of nitrogens with zero attached hydrogens (tertiary/aromatic N) is 4. The standard InChI is InChI=1S/C21H20N4O5S2/c1-22-17-3-7-19(8-4-17)31(26,27)24-13-11-21(12-14-24)25(15-16-30-21)32(28,29)20-9-5-18(23-2)6-10-20/h3-10H,11-16H2. The smallest absolute Gasteiger partial charge is 0.245 e. The molecule has 0 radical (unpaired) electrons. The maximum atomic E-state index is 13.3. The molecule has 1 spiro atoms. The molecule has 4 rings (SSSR count). The van der Waals surface area contributed by atoms with E-state index in [2.05, 4.69) is 9.69 Å². The predicted octanol–water partition coefficient (Wildman–Crippen LogP) is 2.99. The minimum atomic E-state index is -3.88. The molecule has 2 aliphatic heterocycles. The lowest BCUT2D eigenvalue weighted by Crippen LogP contribution is -2.55. The second-order valence-electron chi connectivity index (χ2n) is 7.49. The molecule has 2 aromatic carbocycles. The normalized spacial score (nSPS) is 19.4. The van der Waals surface area contributed by atoms with E-state index in [0.29, 0.717) is 11.4 Å². The molecule has 11 heteroatoms. The van der Waals surface area contributed by atoms with Crippen LogP contribution >= 0.6 is 0 Å². The highest BCUT2D eigenvalue weighted by atomic mass is 32.2. The van der Waals surface area contributed by atoms with Crippen molar-refractivity contribution in [3.8, 4) is 0 Å². The van der Waals surface area contributed by atoms with E-state index in [1.165, 1.54) is 57.1 Å². The van der Waals surface area contributed by atoms with Crippen molar-refractivity contribution in [3.63, 3.8) is 0 Å². The van der Waals surface area contributed by atoms with Crippen LogP contribution in [0.2, 0.25) is 0 Å². The second-order valence-corrected chi connectivity index (χ2v) is 11.3. The maximum Gasteiger partial charge on any atom is 0.245 e. The molecule has 2 fully saturated rings. The Morgan fingerprint density at radius 3 is 1.69 bits per heavy atom. The number of hydrogen-bond donors (Lipinski definition) is 0. The van der Waals surface area contributed by atoms with Crippen LogP contribution in [-0.2, 0) is 24.8 Å². The highest BCUT2D eigenvalue weighted by molar-refractivity contribution is 7.89. The molecule has 2 heterocycles. The van der Waals surface area contributed by atoms with E-state index < -0.39 is 25.8 Å². The van der Waals surface area contributed by atoms with Gasteiger partial charge in [0, 0.05) is 32.5 Å². The third-order valence-electron chi connectivity index (χ3n) is 5.78. The molecule has 32 heavy (non-hydrogen) atoms. The van der Waals surface area contributed by atoms with E-state index in [0.717, 1.165) is 0 Å². The highest BCUT2D eigenvalue weighted by Crippen LogP contribution is 2.39. The van der Waals surface area contributed by atoms with Crippen LogP contribution in [0.4, 0.5) is 11.4 Å². The number of rotatable bonds is 4. The third-order valence-corrected chi connectivity index (χ3v) is 9.66. The fourth-order valence-electron chi connectivity index (χ4n) is 4.06. The van der Waals surface area contributed by atoms with Crippen molar-refractivity contribution in [1.82, 2.24) is 8.61 Å². The van der Waals surface area contributed by atoms with Gasteiger partial charge in [0.25, 0.3) is 0 Å². The second kappa shape index (κ2) is 8.28. The van der Waals surface area contributed by atoms with E-state index in [1.54, 1.807) is 0 Å². The Kier molecular flexibility index (Phi) is 5.79. The van der Waals surface area contributed by atoms with Gasteiger partial charge in [-0.05, 0) is 0 Å². The van der Waals surface area contributed by atoms with Crippen LogP contribution in [0, 0.1) is 13.1 Å². The maximum absolute atomic E-state index is 13.3. The molecule has 9 nitrogen and oxygen atoms in total. The summed E-state index contributed by atoms with van der Waals surface area (Å²) in [6.07, 6.45) is 0.400. The van der Waals surface area contributed by atoms with Crippen molar-refractivity contribution in [3.05, 3.63) is 71.4 Å². The van der Waals surface area contributed by atoms with Crippen LogP contribution in [0.25, 0.3) is 9.69 Å². The summed E-state index contributed by atoms with van der Waals surface area (Å²) in [6, 6.07) is 11.4. The van der Waals surface area contributed by atoms with Crippen LogP contribution < -0.4 is 0 Å². The highest BCUT2D eigenvalue weighted by Gasteiger charge is 2.51. The number of benzene rings is 2. The van der Waals surface area contributed by atoms with Crippen molar-refractivity contribution in [2.45, 2.75) is 28.4 Å². The molecule has 2 aromatic rings. The van der Waals surface area contributed by atoms with Gasteiger partial charge in [-0.15, -0.1) is 0 Å². The predicted molar refractivity (Wildman–Crippen MR) is 116 cm³/mol. The summed E-state index contributed by atoms with van der Waals surface area (Å²) in [5.74, 6) is 0. The van der Waals surface area contributed by atoms with Gasteiger partial charge in [-0.2, -0.15) is 8.61 Å². The van der Waals surface area contributed by atoms with Crippen LogP contribution in [0.3, 0.4) is 0 Å². The van der Waals surface area contributed by atoms with E-state index in [1.807, 2.05) is 0 Å². The van der Waals surface area contributed by atoms with E-state index in [-0.39, 0.29) is 48.9 Å². The Balaban J connectivity index is 1.54. The molecular weight excluding hydrogens is 452 g/mol. The van der Waals surface area contributed by atoms with Crippen molar-refractivity contribution < 1.29 is 21.6 Å². The van der Waals surface area contributed by atoms with Gasteiger partial charge in [0.05, 0.1) is 29.5 Å². The van der Waals surface area contributed by atoms with Gasteiger partial charge in [0.2, 0.25) is 20.0 Å². The molecule has 166 valence electrons. The first-order valence-corrected chi connectivity index (χ1v) is 12.7. The van der Waals surface area contributed by atoms with E-state index in [9.17, 15) is 16.8 Å². The van der Waals surface area contributed by atoms with Gasteiger partial charge in [-0.3, -0.25) is 0 Å². The third kappa shape index (κ3) is 3.79. The van der Waals surface area contributed by atoms with E-state index >= 15 is 0 Å². The summed E-state index contributed by atoms with van der Waals surface area (Å²) in [5, 5.41) is 0. The van der Waals surface area contributed by atoms with Crippen molar-refractivity contribution in [2.24, 2.45) is 0 Å². The SMILES string of the molecule is [C-]#[N+]c1ccc(S(=O)(=O)N2CCC3(CC2)OCCN3S(=O)(=O)c2ccc([N+]#[C-])cc2)cc1. The van der Waals surface area contributed by atoms with Gasteiger partial charge < -0.3 is 4.74 Å². The first-order chi connectivity index (χ1) is 15.2. The molecule has 0 N–H and O–H groups in total. The number of piperidine rings is 1. The summed E-state index contributed by atoms with van der Waals surface area (Å²) >= 11 is 0. The molecule has 0 aromatic heterocycles. The number of sulfonamides is 2. The minimum Gasteiger partial charge on any atom is -0.358 e. The average molecular weight is 473 g/mol. The number of ether oxygens (including phenoxy) is 1. The molecular formula is C21H20N4O5S2. The first-order valence-electron chi connectivity index (χ1n) is 9.85. The lowest BCUT2D eigenvalue weighted by molar-refractivity contribution is -0.0806. The van der Waals surface area contributed by atoms with Crippen molar-refractivity contribution >= 4 is 31.4 Å². The van der Waals surface area contributed by atoms with Gasteiger partial charge in [-0.1, -0.05) is 48.5 Å². The zero-order chi connectivity index (χ0) is 23.0. The van der Waals surface area contributed by atoms with Gasteiger partial charge in [0.15, 0.2) is 11.4 Å². The molecule has 0 bridgehead atoms. The average Bonchev–Trinajstić information content (AvgIpc) is 3.23. The Bertz CT molecular complexity index is 1300. The van der Waals surface area contributed by atoms with Crippen LogP contribution in [0.15, 0.2) is 58.3 Å².